The number of rotatable bonds is 6. The number of hydrogen-bond donors (Lipinski definition) is 3. The second-order valence-electron chi connectivity index (χ2n) is 3.96. The molecule has 0 aliphatic heterocycles. The van der Waals surface area contributed by atoms with E-state index < -0.39 is 36.8 Å². The predicted octanol–water partition coefficient (Wildman–Crippen LogP) is -1.20. The van der Waals surface area contributed by atoms with Crippen molar-refractivity contribution in [3.8, 4) is 0 Å². The van der Waals surface area contributed by atoms with Gasteiger partial charge in [-0.1, -0.05) is 0 Å². The molecule has 8 heteroatoms. The molecule has 1 rings (SSSR count). The minimum Gasteiger partial charge on any atom is -0.480 e. The fourth-order valence-electron chi connectivity index (χ4n) is 1.51. The molecular formula is C12H13N3O5. The van der Waals surface area contributed by atoms with Crippen molar-refractivity contribution in [1.82, 2.24) is 4.90 Å². The van der Waals surface area contributed by atoms with E-state index in [0.29, 0.717) is 0 Å². The maximum Gasteiger partial charge on any atom is 0.323 e. The van der Waals surface area contributed by atoms with Crippen molar-refractivity contribution in [1.29, 1.82) is 0 Å². The fourth-order valence-corrected chi connectivity index (χ4v) is 1.51. The largest absolute Gasteiger partial charge is 0.480 e. The van der Waals surface area contributed by atoms with Crippen molar-refractivity contribution in [2.24, 2.45) is 11.5 Å². The molecule has 20 heavy (non-hydrogen) atoms. The Hall–Kier alpha value is -2.90. The maximum atomic E-state index is 12.0. The molecule has 0 aromatic heterocycles. The first-order valence-corrected chi connectivity index (χ1v) is 5.50. The van der Waals surface area contributed by atoms with Gasteiger partial charge < -0.3 is 21.5 Å². The van der Waals surface area contributed by atoms with Crippen LogP contribution in [-0.4, -0.2) is 46.8 Å². The number of hydrogen-bond acceptors (Lipinski definition) is 4. The highest BCUT2D eigenvalue weighted by molar-refractivity contribution is 5.99. The summed E-state index contributed by atoms with van der Waals surface area (Å²) < 4.78 is 0. The van der Waals surface area contributed by atoms with Gasteiger partial charge in [-0.15, -0.1) is 0 Å². The molecule has 0 fully saturated rings. The highest BCUT2D eigenvalue weighted by atomic mass is 16.4. The lowest BCUT2D eigenvalue weighted by Crippen LogP contribution is -2.41. The Morgan fingerprint density at radius 3 is 1.85 bits per heavy atom. The van der Waals surface area contributed by atoms with Gasteiger partial charge in [-0.2, -0.15) is 0 Å². The summed E-state index contributed by atoms with van der Waals surface area (Å²) in [7, 11) is 0. The summed E-state index contributed by atoms with van der Waals surface area (Å²) in [6.07, 6.45) is 0. The van der Waals surface area contributed by atoms with Gasteiger partial charge in [0.25, 0.3) is 5.91 Å². The van der Waals surface area contributed by atoms with E-state index in [4.69, 9.17) is 16.6 Å². The zero-order chi connectivity index (χ0) is 15.3. The molecule has 0 atom stereocenters. The molecule has 0 saturated carbocycles. The Morgan fingerprint density at radius 2 is 1.45 bits per heavy atom. The first-order valence-electron chi connectivity index (χ1n) is 5.50. The van der Waals surface area contributed by atoms with Crippen molar-refractivity contribution in [2.75, 3.05) is 13.1 Å². The van der Waals surface area contributed by atoms with Gasteiger partial charge in [0.1, 0.15) is 13.1 Å². The van der Waals surface area contributed by atoms with Crippen LogP contribution in [0.2, 0.25) is 0 Å². The molecule has 5 N–H and O–H groups in total. The van der Waals surface area contributed by atoms with Gasteiger partial charge >= 0.3 is 5.97 Å². The zero-order valence-corrected chi connectivity index (χ0v) is 10.4. The second kappa shape index (κ2) is 6.32. The van der Waals surface area contributed by atoms with Crippen LogP contribution in [0.5, 0.6) is 0 Å². The van der Waals surface area contributed by atoms with E-state index in [1.165, 1.54) is 24.3 Å². The Labute approximate surface area is 114 Å². The van der Waals surface area contributed by atoms with Gasteiger partial charge in [0.2, 0.25) is 11.8 Å². The molecule has 0 unspecified atom stereocenters. The quantitative estimate of drug-likeness (QED) is 0.599. The number of carbonyl (C=O) groups is 4. The van der Waals surface area contributed by atoms with Gasteiger partial charge in [-0.25, -0.2) is 0 Å². The Balaban J connectivity index is 2.95. The monoisotopic (exact) mass is 279 g/mol. The minimum absolute atomic E-state index is 0.123. The first-order chi connectivity index (χ1) is 9.31. The van der Waals surface area contributed by atoms with Crippen LogP contribution in [0.15, 0.2) is 24.3 Å². The summed E-state index contributed by atoms with van der Waals surface area (Å²) >= 11 is 0. The number of aliphatic carboxylic acids is 1. The normalized spacial score (nSPS) is 9.80. The molecule has 0 aliphatic rings. The fraction of sp³-hybridized carbons (Fsp3) is 0.167. The molecule has 1 aromatic rings. The van der Waals surface area contributed by atoms with E-state index in [1.807, 2.05) is 0 Å². The Kier molecular flexibility index (Phi) is 4.79. The highest BCUT2D eigenvalue weighted by Gasteiger charge is 2.20. The predicted molar refractivity (Wildman–Crippen MR) is 67.7 cm³/mol. The molecule has 106 valence electrons. The van der Waals surface area contributed by atoms with Gasteiger partial charge in [0, 0.05) is 11.1 Å². The van der Waals surface area contributed by atoms with Crippen LogP contribution < -0.4 is 11.5 Å². The Bertz CT molecular complexity index is 537. The van der Waals surface area contributed by atoms with Gasteiger partial charge in [0.05, 0.1) is 0 Å². The van der Waals surface area contributed by atoms with Gasteiger partial charge in [-0.05, 0) is 24.3 Å². The van der Waals surface area contributed by atoms with Crippen LogP contribution >= 0.6 is 0 Å². The third-order valence-corrected chi connectivity index (χ3v) is 2.38. The summed E-state index contributed by atoms with van der Waals surface area (Å²) in [6, 6.07) is 5.30. The maximum absolute atomic E-state index is 12.0. The number of benzene rings is 1. The summed E-state index contributed by atoms with van der Waals surface area (Å²) in [5, 5.41) is 8.70. The lowest BCUT2D eigenvalue weighted by Gasteiger charge is -2.18. The molecule has 3 amide bonds. The number of carbonyl (C=O) groups excluding carboxylic acids is 3. The average Bonchev–Trinajstić information content (AvgIpc) is 2.36. The SMILES string of the molecule is NC(=O)CN(CC(=O)O)C(=O)c1ccc(C(N)=O)cc1. The summed E-state index contributed by atoms with van der Waals surface area (Å²) in [4.78, 5) is 45.2. The molecule has 0 heterocycles. The zero-order valence-electron chi connectivity index (χ0n) is 10.4. The van der Waals surface area contributed by atoms with Crippen molar-refractivity contribution >= 4 is 23.7 Å². The van der Waals surface area contributed by atoms with E-state index >= 15 is 0 Å². The first kappa shape index (κ1) is 15.2. The molecule has 0 aliphatic carbocycles. The van der Waals surface area contributed by atoms with Crippen molar-refractivity contribution < 1.29 is 24.3 Å². The number of nitrogens with zero attached hydrogens (tertiary/aromatic N) is 1. The summed E-state index contributed by atoms with van der Waals surface area (Å²) in [6.45, 7) is -1.16. The van der Waals surface area contributed by atoms with Crippen molar-refractivity contribution in [2.45, 2.75) is 0 Å². The summed E-state index contributed by atoms with van der Waals surface area (Å²) in [5.41, 5.74) is 10.4. The van der Waals surface area contributed by atoms with Crippen LogP contribution in [-0.2, 0) is 9.59 Å². The van der Waals surface area contributed by atoms with E-state index in [1.54, 1.807) is 0 Å². The lowest BCUT2D eigenvalue weighted by atomic mass is 10.1. The molecule has 0 saturated heterocycles. The standard InChI is InChI=1S/C12H13N3O5/c13-9(16)5-15(6-10(17)18)12(20)8-3-1-7(2-4-8)11(14)19/h1-4H,5-6H2,(H2,13,16)(H2,14,19)(H,17,18). The van der Waals surface area contributed by atoms with Crippen LogP contribution in [0.25, 0.3) is 0 Å². The van der Waals surface area contributed by atoms with Crippen LogP contribution in [0, 0.1) is 0 Å². The molecular weight excluding hydrogens is 266 g/mol. The third-order valence-electron chi connectivity index (χ3n) is 2.38. The molecule has 0 radical (unpaired) electrons. The van der Waals surface area contributed by atoms with Crippen molar-refractivity contribution in [3.63, 3.8) is 0 Å². The summed E-state index contributed by atoms with van der Waals surface area (Å²) in [5.74, 6) is -3.42. The Morgan fingerprint density at radius 1 is 0.950 bits per heavy atom. The molecule has 8 nitrogen and oxygen atoms in total. The number of carboxylic acid groups (broad SMARTS) is 1. The lowest BCUT2D eigenvalue weighted by molar-refractivity contribution is -0.138. The van der Waals surface area contributed by atoms with E-state index in [-0.39, 0.29) is 11.1 Å². The van der Waals surface area contributed by atoms with Crippen LogP contribution in [0.3, 0.4) is 0 Å². The average molecular weight is 279 g/mol. The smallest absolute Gasteiger partial charge is 0.323 e. The number of primary amides is 2. The highest BCUT2D eigenvalue weighted by Crippen LogP contribution is 2.07. The van der Waals surface area contributed by atoms with Crippen LogP contribution in [0.4, 0.5) is 0 Å². The molecule has 0 spiro atoms. The van der Waals surface area contributed by atoms with Gasteiger partial charge in [0.15, 0.2) is 0 Å². The number of amides is 3. The number of carboxylic acids is 1. The minimum atomic E-state index is -1.27. The second-order valence-corrected chi connectivity index (χ2v) is 3.96. The van der Waals surface area contributed by atoms with Gasteiger partial charge in [-0.3, -0.25) is 19.2 Å². The van der Waals surface area contributed by atoms with E-state index in [0.717, 1.165) is 4.90 Å². The van der Waals surface area contributed by atoms with Crippen molar-refractivity contribution in [3.05, 3.63) is 35.4 Å². The molecule has 0 bridgehead atoms. The van der Waals surface area contributed by atoms with E-state index in [9.17, 15) is 19.2 Å². The third kappa shape index (κ3) is 4.09. The van der Waals surface area contributed by atoms with E-state index in [2.05, 4.69) is 0 Å². The van der Waals surface area contributed by atoms with Crippen LogP contribution in [0.1, 0.15) is 20.7 Å². The topological polar surface area (TPSA) is 144 Å². The number of nitrogens with two attached hydrogens (primary N) is 2. The molecule has 1 aromatic carbocycles.